The Labute approximate surface area is 871 Å². The Morgan fingerprint density at radius 2 is 0.716 bits per heavy atom. The van der Waals surface area contributed by atoms with Gasteiger partial charge in [-0.05, 0) is 274 Å². The lowest BCUT2D eigenvalue weighted by molar-refractivity contribution is 0.0480. The van der Waals surface area contributed by atoms with Crippen LogP contribution in [0, 0.1) is 0 Å². The van der Waals surface area contributed by atoms with E-state index in [1.807, 2.05) is 114 Å². The molecule has 3 aliphatic carbocycles. The summed E-state index contributed by atoms with van der Waals surface area (Å²) in [5, 5.41) is 17.4. The van der Waals surface area contributed by atoms with E-state index in [4.69, 9.17) is 97.0 Å². The molecule has 3 saturated carbocycles. The average Bonchev–Trinajstić information content (AvgIpc) is 0.813. The zero-order chi connectivity index (χ0) is 101. The summed E-state index contributed by atoms with van der Waals surface area (Å²) in [6.45, 7) is 14.8. The number of carbonyl (C=O) groups is 2. The van der Waals surface area contributed by atoms with Crippen LogP contribution in [0.15, 0.2) is 242 Å². The normalized spacial score (nSPS) is 16.2. The maximum atomic E-state index is 12.9. The number of amides is 2. The van der Waals surface area contributed by atoms with Crippen LogP contribution in [0.2, 0.25) is 20.1 Å². The smallest absolute Gasteiger partial charge is 0.407 e. The quantitative estimate of drug-likeness (QED) is 0.0235. The summed E-state index contributed by atoms with van der Waals surface area (Å²) in [5.41, 5.74) is 17.2. The molecule has 2 amide bonds. The lowest BCUT2D eigenvalue weighted by atomic mass is 9.91. The predicted octanol–water partition coefficient (Wildman–Crippen LogP) is 22.9. The monoisotopic (exact) mass is 2230 g/mol. The average molecular weight is 2240 g/mol. The highest BCUT2D eigenvalue weighted by Gasteiger charge is 2.30. The first-order chi connectivity index (χ1) is 66.1. The van der Waals surface area contributed by atoms with E-state index >= 15 is 0 Å². The number of benzene rings is 8. The van der Waals surface area contributed by atoms with Crippen molar-refractivity contribution >= 4 is 196 Å². The molecule has 8 aromatic carbocycles. The number of hydrogen-bond acceptors (Lipinski definition) is 26. The third-order valence-electron chi connectivity index (χ3n) is 21.3. The van der Waals surface area contributed by atoms with Crippen LogP contribution in [0.3, 0.4) is 0 Å². The summed E-state index contributed by atoms with van der Waals surface area (Å²) in [6.07, 6.45) is 30.4. The van der Waals surface area contributed by atoms with E-state index in [1.165, 1.54) is 25.3 Å². The van der Waals surface area contributed by atoms with Crippen molar-refractivity contribution in [1.29, 1.82) is 0 Å². The van der Waals surface area contributed by atoms with Crippen molar-refractivity contribution in [3.63, 3.8) is 0 Å². The second kappa shape index (κ2) is 57.2. The fourth-order valence-corrected chi connectivity index (χ4v) is 21.9. The minimum Gasteiger partial charge on any atom is -0.496 e. The SMILES string of the molecule is C=Cc1cnc(NC2CCC(NC(=O)OC(C)(C)C)CC2)nc1.COc1cc(CS(=O)(=O)c2ccccc2Cl)ccc1/C=C/c1cnc(NC2CCC(N)CC2)nc1.COc1cc(CS(=O)(=O)c2ccccc2Cl)ccc1/C=C/c1cnc(NC2CCC(NC(=O)OC(C)(C)C)CC2)nc1.COc1cc(CS(=O)(=O)c2ccccc2Cl)ccc1Br.COc1cc(N)ccc1Br.ClSc1ccccc1Cl.O.O. The molecule has 0 radical (unpaired) electrons. The molecular weight excluding hydrogens is 2120 g/mol. The number of sulfone groups is 3. The maximum absolute atomic E-state index is 12.9. The number of hydrogen-bond donors (Lipinski definition) is 7. The predicted molar refractivity (Wildman–Crippen MR) is 575 cm³/mol. The van der Waals surface area contributed by atoms with Crippen LogP contribution in [0.1, 0.15) is 163 Å². The first-order valence-corrected chi connectivity index (χ1v) is 54.0. The van der Waals surface area contributed by atoms with Gasteiger partial charge in [0.2, 0.25) is 17.8 Å². The fourth-order valence-electron chi connectivity index (χ4n) is 14.3. The van der Waals surface area contributed by atoms with Crippen LogP contribution in [0.5, 0.6) is 23.0 Å². The number of halogens is 7. The molecule has 0 unspecified atom stereocenters. The van der Waals surface area contributed by atoms with Gasteiger partial charge in [0.1, 0.15) is 34.2 Å². The number of rotatable bonds is 27. The molecule has 0 bridgehead atoms. The summed E-state index contributed by atoms with van der Waals surface area (Å²) in [4.78, 5) is 51.4. The summed E-state index contributed by atoms with van der Waals surface area (Å²) in [7, 11) is 2.16. The lowest BCUT2D eigenvalue weighted by Crippen LogP contribution is -2.42. The Balaban J connectivity index is 0.000000245. The second-order valence-corrected chi connectivity index (χ2v) is 44.7. The molecule has 0 spiro atoms. The van der Waals surface area contributed by atoms with Gasteiger partial charge in [0.15, 0.2) is 29.5 Å². The minimum absolute atomic E-state index is 0. The maximum Gasteiger partial charge on any atom is 0.407 e. The lowest BCUT2D eigenvalue weighted by Gasteiger charge is -2.30. The summed E-state index contributed by atoms with van der Waals surface area (Å²) in [5.74, 6) is 3.79. The van der Waals surface area contributed by atoms with Gasteiger partial charge in [0.25, 0.3) is 0 Å². The molecule has 3 fully saturated rings. The van der Waals surface area contributed by atoms with Gasteiger partial charge in [0, 0.05) is 118 Å². The Bertz CT molecular complexity index is 6300. The number of aromatic nitrogens is 6. The van der Waals surface area contributed by atoms with Crippen LogP contribution >= 0.6 is 99.9 Å². The number of nitrogen functional groups attached to an aromatic ring is 1. The molecule has 29 nitrogen and oxygen atoms in total. The zero-order valence-corrected chi connectivity index (χ0v) is 89.8. The van der Waals surface area contributed by atoms with Gasteiger partial charge in [-0.1, -0.05) is 162 Å². The number of nitrogens with one attached hydrogen (secondary N) is 5. The molecule has 40 heteroatoms. The van der Waals surface area contributed by atoms with E-state index in [9.17, 15) is 34.8 Å². The number of carbonyl (C=O) groups excluding carboxylic acids is 2. The summed E-state index contributed by atoms with van der Waals surface area (Å²) in [6, 6.07) is 49.5. The molecule has 13 N–H and O–H groups in total. The Kier molecular flexibility index (Phi) is 47.7. The standard InChI is InChI=1S/C31H37ClN4O5S.C26H29ClN4O3S.C17H26N4O2.C14H12BrClO3S.C7H8BrNO.C6H4Cl2S.2H2O/c1-31(2,3)41-30(37)36-25-15-13-24(14-16-25)35-29-33-18-22(19-34-29)10-12-23-11-9-21(17-27(23)40-4)20-42(38,39)28-8-6-5-7-26(28)32;1-34-24-14-18(17-35(32,33)25-5-3-2-4-23(25)27)6-8-20(24)9-7-19-15-29-26(30-16-19)31-22-12-10-21(28)11-13-22;1-5-12-10-18-15(19-11-12)20-13-6-8-14(9-7-13)21-16(22)23-17(2,3)4;1-19-13-8-10(6-7-11(13)15)9-20(17,18)14-5-3-2-4-12(14)16;1-10-7-4-5(9)2-3-6(7)8;7-5-3-1-2-4-6(5)9-8;;/h5-12,17-19,24-25H,13-16,20H2,1-4H3,(H,36,37)(H,33,34,35);2-9,14-16,21-22H,10-13,17,28H2,1H3,(H,29,30,31);5,10-11,13-14H,1,6-9H2,2-4H3,(H,21,22)(H,18,19,20);2-8H,9H2,1H3;2-4H,9H2,1H3;1-4H;2*1H2/b12-10+;9-7+;;;;;;. The molecule has 3 aromatic heterocycles. The van der Waals surface area contributed by atoms with Gasteiger partial charge in [0.05, 0.1) is 89.4 Å². The molecule has 14 rings (SSSR count). The van der Waals surface area contributed by atoms with Crippen LogP contribution in [0.25, 0.3) is 30.4 Å². The Morgan fingerprint density at radius 1 is 0.418 bits per heavy atom. The molecule has 0 atom stereocenters. The van der Waals surface area contributed by atoms with Crippen molar-refractivity contribution in [2.75, 3.05) is 50.1 Å². The van der Waals surface area contributed by atoms with Gasteiger partial charge in [-0.15, -0.1) is 0 Å². The topological polar surface area (TPSA) is 444 Å². The molecular formula is C101H120Br2Cl5N13O16S4. The van der Waals surface area contributed by atoms with Crippen LogP contribution in [-0.2, 0) is 56.2 Å². The van der Waals surface area contributed by atoms with Gasteiger partial charge >= 0.3 is 12.2 Å². The molecule has 141 heavy (non-hydrogen) atoms. The van der Waals surface area contributed by atoms with E-state index in [0.29, 0.717) is 80.6 Å². The van der Waals surface area contributed by atoms with E-state index in [1.54, 1.807) is 168 Å². The molecule has 3 aliphatic rings. The van der Waals surface area contributed by atoms with Gasteiger partial charge in [-0.3, -0.25) is 0 Å². The molecule has 0 saturated heterocycles. The van der Waals surface area contributed by atoms with E-state index in [2.05, 4.69) is 94.9 Å². The van der Waals surface area contributed by atoms with Crippen molar-refractivity contribution in [2.24, 2.45) is 5.73 Å². The van der Waals surface area contributed by atoms with Crippen molar-refractivity contribution in [3.8, 4) is 23.0 Å². The third-order valence-corrected chi connectivity index (χ3v) is 30.6. The minimum atomic E-state index is -3.62. The van der Waals surface area contributed by atoms with Crippen molar-refractivity contribution in [3.05, 3.63) is 287 Å². The highest BCUT2D eigenvalue weighted by atomic mass is 79.9. The molecule has 758 valence electrons. The fraction of sp³-hybridized carbons (Fsp3) is 0.327. The van der Waals surface area contributed by atoms with Crippen LogP contribution < -0.4 is 57.0 Å². The highest BCUT2D eigenvalue weighted by Crippen LogP contribution is 2.36. The molecule has 11 aromatic rings. The number of alkyl carbamates (subject to hydrolysis) is 2. The highest BCUT2D eigenvalue weighted by molar-refractivity contribution is 9.11. The van der Waals surface area contributed by atoms with Crippen molar-refractivity contribution < 1.29 is 74.2 Å². The van der Waals surface area contributed by atoms with Gasteiger partial charge in [-0.25, -0.2) is 64.7 Å². The number of anilines is 4. The number of nitrogens with zero attached hydrogens (tertiary/aromatic N) is 6. The van der Waals surface area contributed by atoms with Crippen molar-refractivity contribution in [1.82, 2.24) is 40.5 Å². The first kappa shape index (κ1) is 118. The first-order valence-electron chi connectivity index (χ1n) is 44.3. The summed E-state index contributed by atoms with van der Waals surface area (Å²) >= 11 is 30.5. The number of methoxy groups -OCH3 is 4. The zero-order valence-electron chi connectivity index (χ0n) is 79.6. The van der Waals surface area contributed by atoms with E-state index < -0.39 is 40.7 Å². The molecule has 0 aliphatic heterocycles. The Morgan fingerprint density at radius 3 is 1.03 bits per heavy atom. The van der Waals surface area contributed by atoms with Crippen LogP contribution in [0.4, 0.5) is 33.1 Å². The van der Waals surface area contributed by atoms with Crippen LogP contribution in [-0.4, -0.2) is 154 Å². The second-order valence-electron chi connectivity index (χ2n) is 34.4. The molecule has 3 heterocycles. The third kappa shape index (κ3) is 39.7. The van der Waals surface area contributed by atoms with Gasteiger partial charge in [-0.2, -0.15) is 0 Å². The summed E-state index contributed by atoms with van der Waals surface area (Å²) < 4.78 is 110. The Hall–Kier alpha value is -10.4. The van der Waals surface area contributed by atoms with Crippen molar-refractivity contribution in [2.45, 2.75) is 203 Å². The largest absolute Gasteiger partial charge is 0.496 e. The van der Waals surface area contributed by atoms with E-state index in [0.717, 1.165) is 135 Å². The number of nitrogens with two attached hydrogens (primary N) is 2. The van der Waals surface area contributed by atoms with Gasteiger partial charge < -0.3 is 77.4 Å². The van der Waals surface area contributed by atoms with E-state index in [-0.39, 0.29) is 88.3 Å². The number of ether oxygens (including phenoxy) is 6.